The highest BCUT2D eigenvalue weighted by Gasteiger charge is 2.02. The number of hydrogen-bond acceptors (Lipinski definition) is 0. The van der Waals surface area contributed by atoms with Gasteiger partial charge in [-0.05, 0) is 47.2 Å². The van der Waals surface area contributed by atoms with Crippen molar-refractivity contribution in [1.82, 2.24) is 0 Å². The average Bonchev–Trinajstić information content (AvgIpc) is 2.57. The van der Waals surface area contributed by atoms with Crippen LogP contribution in [-0.4, -0.2) is 0 Å². The van der Waals surface area contributed by atoms with Gasteiger partial charge in [-0.15, -0.1) is 0 Å². The first-order chi connectivity index (χ1) is 10.8. The molecular weight excluding hydrogens is 264 g/mol. The first-order valence-electron chi connectivity index (χ1n) is 8.02. The second-order valence-corrected chi connectivity index (χ2v) is 5.89. The number of aryl methyl sites for hydroxylation is 2. The molecule has 0 aliphatic carbocycles. The van der Waals surface area contributed by atoms with Crippen LogP contribution in [0.3, 0.4) is 0 Å². The Kier molecular flexibility index (Phi) is 4.39. The lowest BCUT2D eigenvalue weighted by Crippen LogP contribution is -1.85. The van der Waals surface area contributed by atoms with Crippen LogP contribution in [0.25, 0.3) is 22.3 Å². The molecule has 3 aromatic rings. The quantitative estimate of drug-likeness (QED) is 0.529. The van der Waals surface area contributed by atoms with E-state index < -0.39 is 0 Å². The van der Waals surface area contributed by atoms with Crippen molar-refractivity contribution in [3.8, 4) is 22.3 Å². The SMILES string of the molecule is CCCc1ccc(-c2cccc(-c3ccc(C)cc3)c2)cc1. The van der Waals surface area contributed by atoms with Crippen LogP contribution in [0.15, 0.2) is 72.8 Å². The van der Waals surface area contributed by atoms with Gasteiger partial charge >= 0.3 is 0 Å². The summed E-state index contributed by atoms with van der Waals surface area (Å²) in [6.07, 6.45) is 2.35. The van der Waals surface area contributed by atoms with Crippen molar-refractivity contribution in [2.45, 2.75) is 26.7 Å². The van der Waals surface area contributed by atoms with E-state index in [0.717, 1.165) is 6.42 Å². The Morgan fingerprint density at radius 3 is 1.73 bits per heavy atom. The normalized spacial score (nSPS) is 10.6. The summed E-state index contributed by atoms with van der Waals surface area (Å²) in [5.41, 5.74) is 7.83. The van der Waals surface area contributed by atoms with Gasteiger partial charge in [0.1, 0.15) is 0 Å². The average molecular weight is 286 g/mol. The lowest BCUT2D eigenvalue weighted by molar-refractivity contribution is 0.922. The molecule has 0 heterocycles. The second kappa shape index (κ2) is 6.62. The highest BCUT2D eigenvalue weighted by Crippen LogP contribution is 2.27. The van der Waals surface area contributed by atoms with Crippen LogP contribution in [0.1, 0.15) is 24.5 Å². The highest BCUT2D eigenvalue weighted by molar-refractivity contribution is 5.73. The zero-order valence-electron chi connectivity index (χ0n) is 13.3. The summed E-state index contributed by atoms with van der Waals surface area (Å²) in [6.45, 7) is 4.34. The molecule has 0 unspecified atom stereocenters. The molecule has 0 fully saturated rings. The van der Waals surface area contributed by atoms with Crippen molar-refractivity contribution >= 4 is 0 Å². The summed E-state index contributed by atoms with van der Waals surface area (Å²) in [6, 6.07) is 26.5. The van der Waals surface area contributed by atoms with Gasteiger partial charge in [-0.1, -0.05) is 85.6 Å². The first-order valence-corrected chi connectivity index (χ1v) is 8.02. The fourth-order valence-electron chi connectivity index (χ4n) is 2.78. The van der Waals surface area contributed by atoms with Gasteiger partial charge in [0.15, 0.2) is 0 Å². The molecule has 3 rings (SSSR count). The third-order valence-electron chi connectivity index (χ3n) is 4.07. The Labute approximate surface area is 133 Å². The molecule has 0 radical (unpaired) electrons. The molecule has 0 N–H and O–H groups in total. The predicted octanol–water partition coefficient (Wildman–Crippen LogP) is 6.28. The van der Waals surface area contributed by atoms with E-state index in [4.69, 9.17) is 0 Å². The summed E-state index contributed by atoms with van der Waals surface area (Å²) in [7, 11) is 0. The maximum Gasteiger partial charge on any atom is -0.0178 e. The van der Waals surface area contributed by atoms with E-state index in [9.17, 15) is 0 Å². The Hall–Kier alpha value is -2.34. The molecule has 110 valence electrons. The molecule has 0 atom stereocenters. The molecule has 0 saturated heterocycles. The molecule has 0 aliphatic rings. The standard InChI is InChI=1S/C22H22/c1-3-5-18-10-14-20(15-11-18)22-7-4-6-21(16-22)19-12-8-17(2)9-13-19/h4,6-16H,3,5H2,1-2H3. The van der Waals surface area contributed by atoms with Gasteiger partial charge in [0.25, 0.3) is 0 Å². The van der Waals surface area contributed by atoms with Crippen LogP contribution in [0.4, 0.5) is 0 Å². The summed E-state index contributed by atoms with van der Waals surface area (Å²) in [5, 5.41) is 0. The minimum absolute atomic E-state index is 1.16. The van der Waals surface area contributed by atoms with Crippen LogP contribution in [0.2, 0.25) is 0 Å². The van der Waals surface area contributed by atoms with Gasteiger partial charge in [0.05, 0.1) is 0 Å². The fraction of sp³-hybridized carbons (Fsp3) is 0.182. The molecule has 0 bridgehead atoms. The van der Waals surface area contributed by atoms with Crippen molar-refractivity contribution < 1.29 is 0 Å². The summed E-state index contributed by atoms with van der Waals surface area (Å²) >= 11 is 0. The lowest BCUT2D eigenvalue weighted by atomic mass is 9.97. The molecular formula is C22H22. The zero-order chi connectivity index (χ0) is 15.4. The second-order valence-electron chi connectivity index (χ2n) is 5.89. The van der Waals surface area contributed by atoms with Gasteiger partial charge in [-0.2, -0.15) is 0 Å². The van der Waals surface area contributed by atoms with Crippen LogP contribution in [-0.2, 0) is 6.42 Å². The molecule has 22 heavy (non-hydrogen) atoms. The minimum Gasteiger partial charge on any atom is -0.0651 e. The maximum absolute atomic E-state index is 2.28. The molecule has 0 spiro atoms. The van der Waals surface area contributed by atoms with Gasteiger partial charge < -0.3 is 0 Å². The van der Waals surface area contributed by atoms with E-state index in [1.54, 1.807) is 0 Å². The van der Waals surface area contributed by atoms with E-state index in [2.05, 4.69) is 86.6 Å². The van der Waals surface area contributed by atoms with Crippen LogP contribution in [0.5, 0.6) is 0 Å². The molecule has 3 aromatic carbocycles. The van der Waals surface area contributed by atoms with E-state index in [1.165, 1.54) is 39.8 Å². The van der Waals surface area contributed by atoms with Crippen molar-refractivity contribution in [1.29, 1.82) is 0 Å². The smallest absolute Gasteiger partial charge is 0.0178 e. The fourth-order valence-corrected chi connectivity index (χ4v) is 2.78. The molecule has 0 nitrogen and oxygen atoms in total. The first kappa shape index (κ1) is 14.6. The van der Waals surface area contributed by atoms with Crippen LogP contribution < -0.4 is 0 Å². The van der Waals surface area contributed by atoms with Gasteiger partial charge in [-0.25, -0.2) is 0 Å². The number of rotatable bonds is 4. The lowest BCUT2D eigenvalue weighted by Gasteiger charge is -2.07. The highest BCUT2D eigenvalue weighted by atomic mass is 14.1. The summed E-state index contributed by atoms with van der Waals surface area (Å²) < 4.78 is 0. The Morgan fingerprint density at radius 1 is 0.636 bits per heavy atom. The largest absolute Gasteiger partial charge is 0.0651 e. The van der Waals surface area contributed by atoms with Gasteiger partial charge in [0, 0.05) is 0 Å². The number of hydrogen-bond donors (Lipinski definition) is 0. The third-order valence-corrected chi connectivity index (χ3v) is 4.07. The van der Waals surface area contributed by atoms with E-state index in [0.29, 0.717) is 0 Å². The monoisotopic (exact) mass is 286 g/mol. The minimum atomic E-state index is 1.16. The van der Waals surface area contributed by atoms with Gasteiger partial charge in [0.2, 0.25) is 0 Å². The van der Waals surface area contributed by atoms with Crippen molar-refractivity contribution in [2.24, 2.45) is 0 Å². The molecule has 0 amide bonds. The van der Waals surface area contributed by atoms with E-state index in [-0.39, 0.29) is 0 Å². The predicted molar refractivity (Wildman–Crippen MR) is 96.0 cm³/mol. The van der Waals surface area contributed by atoms with Gasteiger partial charge in [-0.3, -0.25) is 0 Å². The summed E-state index contributed by atoms with van der Waals surface area (Å²) in [4.78, 5) is 0. The topological polar surface area (TPSA) is 0 Å². The Balaban J connectivity index is 1.92. The Morgan fingerprint density at radius 2 is 1.18 bits per heavy atom. The maximum atomic E-state index is 2.28. The zero-order valence-corrected chi connectivity index (χ0v) is 13.3. The van der Waals surface area contributed by atoms with Crippen LogP contribution >= 0.6 is 0 Å². The molecule has 0 heteroatoms. The van der Waals surface area contributed by atoms with Crippen molar-refractivity contribution in [3.63, 3.8) is 0 Å². The Bertz CT molecular complexity index is 734. The van der Waals surface area contributed by atoms with Crippen molar-refractivity contribution in [2.75, 3.05) is 0 Å². The molecule has 0 aliphatic heterocycles. The number of benzene rings is 3. The molecule has 0 saturated carbocycles. The molecule has 0 aromatic heterocycles. The van der Waals surface area contributed by atoms with E-state index in [1.807, 2.05) is 0 Å². The summed E-state index contributed by atoms with van der Waals surface area (Å²) in [5.74, 6) is 0. The van der Waals surface area contributed by atoms with E-state index >= 15 is 0 Å². The van der Waals surface area contributed by atoms with Crippen LogP contribution in [0, 0.1) is 6.92 Å². The third kappa shape index (κ3) is 3.28. The van der Waals surface area contributed by atoms with Crippen molar-refractivity contribution in [3.05, 3.63) is 83.9 Å².